The van der Waals surface area contributed by atoms with Crippen LogP contribution >= 0.6 is 0 Å². The maximum atomic E-state index is 2.12. The lowest BCUT2D eigenvalue weighted by Gasteiger charge is -2.18. The molecule has 0 aromatic heterocycles. The first-order valence-corrected chi connectivity index (χ1v) is 2.41. The van der Waals surface area contributed by atoms with E-state index in [2.05, 4.69) is 29.3 Å². The zero-order valence-corrected chi connectivity index (χ0v) is 4.76. The minimum Gasteiger partial charge on any atom is -0.316 e. The average Bonchev–Trinajstić information content (AvgIpc) is 1.91. The second kappa shape index (κ2) is 1.54. The molecule has 1 aliphatic rings. The molecular weight excluding hydrogens is 88.1 g/mol. The summed E-state index contributed by atoms with van der Waals surface area (Å²) in [6, 6.07) is 0. The van der Waals surface area contributed by atoms with Gasteiger partial charge in [0.15, 0.2) is 0 Å². The van der Waals surface area contributed by atoms with Gasteiger partial charge in [0.1, 0.15) is 0 Å². The summed E-state index contributed by atoms with van der Waals surface area (Å²) in [5, 5.41) is 4.18. The van der Waals surface area contributed by atoms with Gasteiger partial charge in [-0.05, 0) is 0 Å². The van der Waals surface area contributed by atoms with Gasteiger partial charge in [0.25, 0.3) is 0 Å². The zero-order chi connectivity index (χ0) is 5.28. The monoisotopic (exact) mass is 98.1 g/mol. The van der Waals surface area contributed by atoms with Crippen LogP contribution in [0.3, 0.4) is 0 Å². The van der Waals surface area contributed by atoms with Gasteiger partial charge in [-0.15, -0.1) is 0 Å². The summed E-state index contributed by atoms with van der Waals surface area (Å²) >= 11 is 0. The molecule has 2 nitrogen and oxygen atoms in total. The van der Waals surface area contributed by atoms with Gasteiger partial charge in [0.05, 0.1) is 0 Å². The zero-order valence-electron chi connectivity index (χ0n) is 4.76. The summed E-state index contributed by atoms with van der Waals surface area (Å²) in [5.74, 6) is 0. The van der Waals surface area contributed by atoms with E-state index >= 15 is 0 Å². The Hall–Kier alpha value is -0.500. The van der Waals surface area contributed by atoms with Crippen LogP contribution in [0.25, 0.3) is 0 Å². The highest BCUT2D eigenvalue weighted by Crippen LogP contribution is 1.98. The van der Waals surface area contributed by atoms with E-state index in [1.807, 2.05) is 7.05 Å². The van der Waals surface area contributed by atoms with Crippen LogP contribution in [0.5, 0.6) is 0 Å². The standard InChI is InChI=1S/C5H10N2/c1-6-4-3-5-7(6)2/h3-4H,5H2,1-2H3. The molecule has 1 heterocycles. The van der Waals surface area contributed by atoms with Gasteiger partial charge in [0.2, 0.25) is 0 Å². The van der Waals surface area contributed by atoms with Crippen molar-refractivity contribution in [1.29, 1.82) is 0 Å². The first-order valence-electron chi connectivity index (χ1n) is 2.41. The van der Waals surface area contributed by atoms with Crippen molar-refractivity contribution in [2.75, 3.05) is 20.6 Å². The fraction of sp³-hybridized carbons (Fsp3) is 0.600. The van der Waals surface area contributed by atoms with Crippen LogP contribution in [0, 0.1) is 0 Å². The molecule has 0 aliphatic carbocycles. The molecule has 7 heavy (non-hydrogen) atoms. The van der Waals surface area contributed by atoms with Gasteiger partial charge >= 0.3 is 0 Å². The number of hydrazine groups is 1. The third-order valence-corrected chi connectivity index (χ3v) is 1.23. The first-order chi connectivity index (χ1) is 3.30. The quantitative estimate of drug-likeness (QED) is 0.429. The lowest BCUT2D eigenvalue weighted by atomic mass is 10.6. The van der Waals surface area contributed by atoms with Gasteiger partial charge in [-0.1, -0.05) is 6.08 Å². The van der Waals surface area contributed by atoms with Crippen LogP contribution in [-0.4, -0.2) is 30.7 Å². The molecule has 1 aliphatic heterocycles. The van der Waals surface area contributed by atoms with E-state index < -0.39 is 0 Å². The number of rotatable bonds is 0. The lowest BCUT2D eigenvalue weighted by molar-refractivity contribution is 0.117. The van der Waals surface area contributed by atoms with E-state index in [0.717, 1.165) is 6.54 Å². The van der Waals surface area contributed by atoms with Crippen molar-refractivity contribution in [3.63, 3.8) is 0 Å². The SMILES string of the molecule is CN1C=CCN1C. The van der Waals surface area contributed by atoms with Crippen molar-refractivity contribution in [3.05, 3.63) is 12.3 Å². The summed E-state index contributed by atoms with van der Waals surface area (Å²) in [6.07, 6.45) is 4.18. The molecule has 40 valence electrons. The van der Waals surface area contributed by atoms with Gasteiger partial charge in [-0.25, -0.2) is 5.01 Å². The van der Waals surface area contributed by atoms with Crippen LogP contribution in [0.4, 0.5) is 0 Å². The first kappa shape index (κ1) is 4.65. The Balaban J connectivity index is 2.45. The fourth-order valence-electron chi connectivity index (χ4n) is 0.595. The van der Waals surface area contributed by atoms with E-state index in [0.29, 0.717) is 0 Å². The summed E-state index contributed by atoms with van der Waals surface area (Å²) in [7, 11) is 4.09. The van der Waals surface area contributed by atoms with Crippen molar-refractivity contribution in [2.24, 2.45) is 0 Å². The van der Waals surface area contributed by atoms with E-state index in [1.54, 1.807) is 0 Å². The van der Waals surface area contributed by atoms with Gasteiger partial charge in [-0.3, -0.25) is 0 Å². The second-order valence-electron chi connectivity index (χ2n) is 1.80. The van der Waals surface area contributed by atoms with E-state index in [9.17, 15) is 0 Å². The molecule has 0 N–H and O–H groups in total. The van der Waals surface area contributed by atoms with Crippen LogP contribution in [0.15, 0.2) is 12.3 Å². The minimum atomic E-state index is 1.05. The Kier molecular flexibility index (Phi) is 1.02. The average molecular weight is 98.1 g/mol. The molecule has 0 aromatic carbocycles. The van der Waals surface area contributed by atoms with Crippen molar-refractivity contribution >= 4 is 0 Å². The van der Waals surface area contributed by atoms with E-state index in [1.165, 1.54) is 0 Å². The molecule has 1 rings (SSSR count). The predicted molar refractivity (Wildman–Crippen MR) is 29.5 cm³/mol. The predicted octanol–water partition coefficient (Wildman–Crippen LogP) is 0.292. The third-order valence-electron chi connectivity index (χ3n) is 1.23. The molecule has 2 heteroatoms. The fourth-order valence-corrected chi connectivity index (χ4v) is 0.595. The van der Waals surface area contributed by atoms with Crippen molar-refractivity contribution < 1.29 is 0 Å². The normalized spacial score (nSPS) is 21.7. The maximum absolute atomic E-state index is 2.12. The molecule has 0 aromatic rings. The summed E-state index contributed by atoms with van der Waals surface area (Å²) in [5.41, 5.74) is 0. The van der Waals surface area contributed by atoms with Crippen molar-refractivity contribution in [2.45, 2.75) is 0 Å². The second-order valence-corrected chi connectivity index (χ2v) is 1.80. The highest BCUT2D eigenvalue weighted by atomic mass is 15.6. The minimum absolute atomic E-state index is 1.05. The summed E-state index contributed by atoms with van der Waals surface area (Å²) < 4.78 is 0. The van der Waals surface area contributed by atoms with Gasteiger partial charge < -0.3 is 5.01 Å². The molecule has 0 radical (unpaired) electrons. The number of likely N-dealkylation sites (N-methyl/N-ethyl adjacent to an activating group) is 1. The van der Waals surface area contributed by atoms with Crippen LogP contribution in [-0.2, 0) is 0 Å². The van der Waals surface area contributed by atoms with Gasteiger partial charge in [-0.2, -0.15) is 0 Å². The third kappa shape index (κ3) is 0.747. The largest absolute Gasteiger partial charge is 0.316 e. The Bertz CT molecular complexity index is 88.1. The van der Waals surface area contributed by atoms with Crippen LogP contribution < -0.4 is 0 Å². The molecule has 0 spiro atoms. The number of hydrogen-bond acceptors (Lipinski definition) is 2. The van der Waals surface area contributed by atoms with Crippen LogP contribution in [0.1, 0.15) is 0 Å². The Morgan fingerprint density at radius 1 is 1.43 bits per heavy atom. The Morgan fingerprint density at radius 3 is 2.29 bits per heavy atom. The molecule has 0 saturated heterocycles. The van der Waals surface area contributed by atoms with Crippen molar-refractivity contribution in [3.8, 4) is 0 Å². The summed E-state index contributed by atoms with van der Waals surface area (Å²) in [4.78, 5) is 0. The number of nitrogens with zero attached hydrogens (tertiary/aromatic N) is 2. The topological polar surface area (TPSA) is 6.48 Å². The van der Waals surface area contributed by atoms with Crippen molar-refractivity contribution in [1.82, 2.24) is 10.0 Å². The van der Waals surface area contributed by atoms with Crippen LogP contribution in [0.2, 0.25) is 0 Å². The smallest absolute Gasteiger partial charge is 0.0375 e. The Morgan fingerprint density at radius 2 is 2.14 bits per heavy atom. The molecule has 0 amide bonds. The molecule has 0 unspecified atom stereocenters. The van der Waals surface area contributed by atoms with E-state index in [4.69, 9.17) is 0 Å². The summed E-state index contributed by atoms with van der Waals surface area (Å²) in [6.45, 7) is 1.05. The molecule has 0 bridgehead atoms. The Labute approximate surface area is 44.0 Å². The van der Waals surface area contributed by atoms with Gasteiger partial charge in [0, 0.05) is 26.8 Å². The lowest BCUT2D eigenvalue weighted by Crippen LogP contribution is -2.27. The highest BCUT2D eigenvalue weighted by Gasteiger charge is 2.02. The molecule has 0 fully saturated rings. The maximum Gasteiger partial charge on any atom is 0.0375 e. The molecule has 0 atom stereocenters. The molecular formula is C5H10N2. The highest BCUT2D eigenvalue weighted by molar-refractivity contribution is 4.88. The van der Waals surface area contributed by atoms with E-state index in [-0.39, 0.29) is 0 Å². The number of hydrogen-bond donors (Lipinski definition) is 0. The molecule has 0 saturated carbocycles.